The summed E-state index contributed by atoms with van der Waals surface area (Å²) in [5.41, 5.74) is 1.71. The molecule has 2 rings (SSSR count). The summed E-state index contributed by atoms with van der Waals surface area (Å²) in [6.45, 7) is 6.71. The van der Waals surface area contributed by atoms with Crippen LogP contribution in [0.2, 0.25) is 0 Å². The molecule has 1 unspecified atom stereocenters. The van der Waals surface area contributed by atoms with Crippen molar-refractivity contribution in [1.82, 2.24) is 0 Å². The lowest BCUT2D eigenvalue weighted by Gasteiger charge is -2.26. The quantitative estimate of drug-likeness (QED) is 0.834. The van der Waals surface area contributed by atoms with Crippen molar-refractivity contribution in [2.45, 2.75) is 58.0 Å². The van der Waals surface area contributed by atoms with Crippen molar-refractivity contribution in [3.63, 3.8) is 0 Å². The van der Waals surface area contributed by atoms with Crippen LogP contribution < -0.4 is 0 Å². The Balaban J connectivity index is 2.02. The Morgan fingerprint density at radius 3 is 2.24 bits per heavy atom. The van der Waals surface area contributed by atoms with E-state index in [0.29, 0.717) is 5.41 Å². The van der Waals surface area contributed by atoms with Crippen molar-refractivity contribution in [3.8, 4) is 0 Å². The normalized spacial score (nSPS) is 20.0. The molecule has 0 bridgehead atoms. The fourth-order valence-electron chi connectivity index (χ4n) is 2.57. The van der Waals surface area contributed by atoms with Gasteiger partial charge in [-0.05, 0) is 36.7 Å². The number of hydrogen-bond acceptors (Lipinski definition) is 1. The standard InChI is InChI=1S/C16H24O/c1-15(2,3)10-9-14(17)16(11-12-16)13-7-5-4-6-8-13/h4-8,14,17H,9-12H2,1-3H3. The maximum Gasteiger partial charge on any atom is 0.0637 e. The summed E-state index contributed by atoms with van der Waals surface area (Å²) in [6, 6.07) is 10.5. The molecule has 1 aliphatic carbocycles. The first-order chi connectivity index (χ1) is 7.94. The molecule has 1 fully saturated rings. The van der Waals surface area contributed by atoms with E-state index in [2.05, 4.69) is 45.0 Å². The van der Waals surface area contributed by atoms with Crippen molar-refractivity contribution in [2.75, 3.05) is 0 Å². The van der Waals surface area contributed by atoms with Gasteiger partial charge in [-0.3, -0.25) is 0 Å². The van der Waals surface area contributed by atoms with Crippen molar-refractivity contribution in [1.29, 1.82) is 0 Å². The minimum atomic E-state index is -0.177. The van der Waals surface area contributed by atoms with Crippen LogP contribution in [0.15, 0.2) is 30.3 Å². The molecular formula is C16H24O. The van der Waals surface area contributed by atoms with E-state index in [4.69, 9.17) is 0 Å². The Kier molecular flexibility index (Phi) is 3.31. The summed E-state index contributed by atoms with van der Waals surface area (Å²) >= 11 is 0. The number of hydrogen-bond donors (Lipinski definition) is 1. The van der Waals surface area contributed by atoms with Gasteiger partial charge in [-0.1, -0.05) is 51.1 Å². The van der Waals surface area contributed by atoms with Gasteiger partial charge in [-0.15, -0.1) is 0 Å². The van der Waals surface area contributed by atoms with Crippen LogP contribution in [-0.2, 0) is 5.41 Å². The maximum atomic E-state index is 10.5. The predicted molar refractivity (Wildman–Crippen MR) is 72.0 cm³/mol. The second kappa shape index (κ2) is 4.45. The maximum absolute atomic E-state index is 10.5. The van der Waals surface area contributed by atoms with Crippen molar-refractivity contribution in [3.05, 3.63) is 35.9 Å². The van der Waals surface area contributed by atoms with Gasteiger partial charge < -0.3 is 5.11 Å². The minimum absolute atomic E-state index is 0.0759. The second-order valence-electron chi connectivity index (χ2n) is 6.64. The Bertz CT molecular complexity index is 357. The number of rotatable bonds is 4. The van der Waals surface area contributed by atoms with Gasteiger partial charge in [0, 0.05) is 5.41 Å². The molecule has 17 heavy (non-hydrogen) atoms. The van der Waals surface area contributed by atoms with E-state index in [9.17, 15) is 5.11 Å². The van der Waals surface area contributed by atoms with Crippen LogP contribution in [0.1, 0.15) is 52.0 Å². The smallest absolute Gasteiger partial charge is 0.0637 e. The number of aliphatic hydroxyl groups excluding tert-OH is 1. The van der Waals surface area contributed by atoms with Crippen LogP contribution in [0.5, 0.6) is 0 Å². The highest BCUT2D eigenvalue weighted by Crippen LogP contribution is 2.52. The van der Waals surface area contributed by atoms with E-state index in [1.54, 1.807) is 0 Å². The molecule has 0 saturated heterocycles. The molecule has 0 amide bonds. The Morgan fingerprint density at radius 2 is 1.76 bits per heavy atom. The largest absolute Gasteiger partial charge is 0.392 e. The second-order valence-corrected chi connectivity index (χ2v) is 6.64. The molecule has 94 valence electrons. The van der Waals surface area contributed by atoms with E-state index in [1.807, 2.05) is 6.07 Å². The Labute approximate surface area is 105 Å². The average molecular weight is 232 g/mol. The van der Waals surface area contributed by atoms with Crippen LogP contribution >= 0.6 is 0 Å². The van der Waals surface area contributed by atoms with Crippen LogP contribution in [0.4, 0.5) is 0 Å². The summed E-state index contributed by atoms with van der Waals surface area (Å²) in [4.78, 5) is 0. The molecule has 1 heteroatoms. The SMILES string of the molecule is CC(C)(C)CCC(O)C1(c2ccccc2)CC1. The first-order valence-corrected chi connectivity index (χ1v) is 6.68. The predicted octanol–water partition coefficient (Wildman–Crippen LogP) is 3.91. The van der Waals surface area contributed by atoms with Crippen LogP contribution in [-0.4, -0.2) is 11.2 Å². The minimum Gasteiger partial charge on any atom is -0.392 e. The van der Waals surface area contributed by atoms with Crippen molar-refractivity contribution < 1.29 is 5.11 Å². The molecule has 0 aromatic heterocycles. The molecule has 0 radical (unpaired) electrons. The zero-order chi connectivity index (χ0) is 12.5. The monoisotopic (exact) mass is 232 g/mol. The lowest BCUT2D eigenvalue weighted by Crippen LogP contribution is -2.27. The summed E-state index contributed by atoms with van der Waals surface area (Å²) in [6.07, 6.45) is 4.11. The first-order valence-electron chi connectivity index (χ1n) is 6.68. The molecule has 1 saturated carbocycles. The van der Waals surface area contributed by atoms with Gasteiger partial charge in [-0.2, -0.15) is 0 Å². The average Bonchev–Trinajstić information content (AvgIpc) is 3.07. The Morgan fingerprint density at radius 1 is 1.18 bits per heavy atom. The third-order valence-corrected chi connectivity index (χ3v) is 3.94. The van der Waals surface area contributed by atoms with Gasteiger partial charge in [0.2, 0.25) is 0 Å². The van der Waals surface area contributed by atoms with Gasteiger partial charge in [0.15, 0.2) is 0 Å². The summed E-state index contributed by atoms with van der Waals surface area (Å²) < 4.78 is 0. The molecule has 1 nitrogen and oxygen atoms in total. The van der Waals surface area contributed by atoms with E-state index in [-0.39, 0.29) is 11.5 Å². The number of aliphatic hydroxyl groups is 1. The summed E-state index contributed by atoms with van der Waals surface area (Å²) in [7, 11) is 0. The van der Waals surface area contributed by atoms with Gasteiger partial charge in [0.1, 0.15) is 0 Å². The molecule has 0 heterocycles. The fraction of sp³-hybridized carbons (Fsp3) is 0.625. The van der Waals surface area contributed by atoms with Gasteiger partial charge in [0.05, 0.1) is 6.10 Å². The van der Waals surface area contributed by atoms with Crippen molar-refractivity contribution in [2.24, 2.45) is 5.41 Å². The van der Waals surface area contributed by atoms with E-state index >= 15 is 0 Å². The lowest BCUT2D eigenvalue weighted by molar-refractivity contribution is 0.107. The molecule has 0 aliphatic heterocycles. The number of benzene rings is 1. The first kappa shape index (κ1) is 12.6. The van der Waals surface area contributed by atoms with Gasteiger partial charge in [-0.25, -0.2) is 0 Å². The molecule has 1 atom stereocenters. The third-order valence-electron chi connectivity index (χ3n) is 3.94. The lowest BCUT2D eigenvalue weighted by atomic mass is 9.82. The van der Waals surface area contributed by atoms with Crippen LogP contribution in [0.25, 0.3) is 0 Å². The summed E-state index contributed by atoms with van der Waals surface area (Å²) in [5.74, 6) is 0. The molecular weight excluding hydrogens is 208 g/mol. The van der Waals surface area contributed by atoms with Gasteiger partial charge in [0.25, 0.3) is 0 Å². The van der Waals surface area contributed by atoms with E-state index in [0.717, 1.165) is 25.7 Å². The van der Waals surface area contributed by atoms with Crippen LogP contribution in [0, 0.1) is 5.41 Å². The highest BCUT2D eigenvalue weighted by molar-refractivity contribution is 5.32. The highest BCUT2D eigenvalue weighted by atomic mass is 16.3. The van der Waals surface area contributed by atoms with Crippen LogP contribution in [0.3, 0.4) is 0 Å². The topological polar surface area (TPSA) is 20.2 Å². The third kappa shape index (κ3) is 2.90. The summed E-state index contributed by atoms with van der Waals surface area (Å²) in [5, 5.41) is 10.5. The van der Waals surface area contributed by atoms with E-state index in [1.165, 1.54) is 5.56 Å². The zero-order valence-electron chi connectivity index (χ0n) is 11.2. The fourth-order valence-corrected chi connectivity index (χ4v) is 2.57. The highest BCUT2D eigenvalue weighted by Gasteiger charge is 2.49. The van der Waals surface area contributed by atoms with E-state index < -0.39 is 0 Å². The molecule has 1 aliphatic rings. The molecule has 1 N–H and O–H groups in total. The van der Waals surface area contributed by atoms with Crippen molar-refractivity contribution >= 4 is 0 Å². The molecule has 1 aromatic rings. The van der Waals surface area contributed by atoms with Gasteiger partial charge >= 0.3 is 0 Å². The Hall–Kier alpha value is -0.820. The zero-order valence-corrected chi connectivity index (χ0v) is 11.2. The molecule has 1 aromatic carbocycles. The molecule has 0 spiro atoms.